The van der Waals surface area contributed by atoms with Gasteiger partial charge in [-0.05, 0) is 86.8 Å². The Labute approximate surface area is 346 Å². The molecule has 0 aliphatic heterocycles. The number of carbonyl (C=O) groups is 4. The Morgan fingerprint density at radius 1 is 0.951 bits per heavy atom. The molecule has 0 aliphatic carbocycles. The molecular formula is C39H40F3N8O10P. The average molecular weight is 869 g/mol. The molecule has 0 spiro atoms. The van der Waals surface area contributed by atoms with Gasteiger partial charge in [0.15, 0.2) is 11.2 Å². The monoisotopic (exact) mass is 868 g/mol. The van der Waals surface area contributed by atoms with Crippen LogP contribution in [0.5, 0.6) is 5.75 Å². The van der Waals surface area contributed by atoms with E-state index in [0.29, 0.717) is 49.8 Å². The van der Waals surface area contributed by atoms with Crippen LogP contribution in [0.4, 0.5) is 30.5 Å². The second-order valence-corrected chi connectivity index (χ2v) is 14.0. The summed E-state index contributed by atoms with van der Waals surface area (Å²) in [4.78, 5) is 77.9. The molecule has 18 nitrogen and oxygen atoms in total. The number of nitrogens with one attached hydrogen (secondary N) is 4. The van der Waals surface area contributed by atoms with Crippen LogP contribution >= 0.6 is 8.60 Å². The number of anilines is 3. The number of nitrogen functional groups attached to an aromatic ring is 1. The van der Waals surface area contributed by atoms with Gasteiger partial charge in [0.05, 0.1) is 55.1 Å². The van der Waals surface area contributed by atoms with Gasteiger partial charge in [0.1, 0.15) is 11.8 Å². The first kappa shape index (κ1) is 45.5. The minimum absolute atomic E-state index is 0.000786. The van der Waals surface area contributed by atoms with Crippen molar-refractivity contribution in [2.75, 3.05) is 36.2 Å². The van der Waals surface area contributed by atoms with Crippen molar-refractivity contribution in [1.82, 2.24) is 25.3 Å². The topological polar surface area (TPSA) is 259 Å². The van der Waals surface area contributed by atoms with Gasteiger partial charge < -0.3 is 45.1 Å². The number of fused-ring (bicyclic) bond motifs is 1. The summed E-state index contributed by atoms with van der Waals surface area (Å²) in [6.07, 6.45) is -3.97. The third-order valence-electron chi connectivity index (χ3n) is 8.40. The number of nitrogens with zero attached hydrogens (tertiary/aromatic N) is 3. The van der Waals surface area contributed by atoms with Crippen LogP contribution in [0, 0.1) is 0 Å². The van der Waals surface area contributed by atoms with E-state index >= 15 is 0 Å². The maximum Gasteiger partial charge on any atom is 0.416 e. The van der Waals surface area contributed by atoms with E-state index in [2.05, 4.69) is 35.9 Å². The summed E-state index contributed by atoms with van der Waals surface area (Å²) in [6, 6.07) is 12.7. The molecule has 5 aromatic rings. The number of hydrogen-bond acceptors (Lipinski definition) is 14. The number of carboxylic acid groups (broad SMARTS) is 1. The number of benzene rings is 3. The van der Waals surface area contributed by atoms with Crippen LogP contribution in [-0.4, -0.2) is 74.7 Å². The lowest BCUT2D eigenvalue weighted by atomic mass is 10.1. The van der Waals surface area contributed by atoms with E-state index in [-0.39, 0.29) is 35.0 Å². The number of carboxylic acids is 1. The molecule has 0 unspecified atom stereocenters. The summed E-state index contributed by atoms with van der Waals surface area (Å²) < 4.78 is 62.8. The van der Waals surface area contributed by atoms with Gasteiger partial charge in [0.2, 0.25) is 11.9 Å². The summed E-state index contributed by atoms with van der Waals surface area (Å²) in [7, 11) is -1.48. The number of aromatic amines is 1. The first-order chi connectivity index (χ1) is 29.1. The molecule has 0 saturated carbocycles. The predicted molar refractivity (Wildman–Crippen MR) is 216 cm³/mol. The Morgan fingerprint density at radius 2 is 1.66 bits per heavy atom. The van der Waals surface area contributed by atoms with E-state index in [9.17, 15) is 42.3 Å². The maximum atomic E-state index is 13.7. The molecule has 2 heterocycles. The molecule has 5 rings (SSSR count). The van der Waals surface area contributed by atoms with Crippen molar-refractivity contribution < 1.29 is 55.8 Å². The highest BCUT2D eigenvalue weighted by Gasteiger charge is 2.32. The molecule has 322 valence electrons. The van der Waals surface area contributed by atoms with E-state index < -0.39 is 79.8 Å². The van der Waals surface area contributed by atoms with Crippen LogP contribution < -0.4 is 32.0 Å². The zero-order valence-electron chi connectivity index (χ0n) is 32.6. The molecule has 2 aromatic heterocycles. The maximum absolute atomic E-state index is 13.7. The number of amides is 2. The highest BCUT2D eigenvalue weighted by atomic mass is 31.2. The van der Waals surface area contributed by atoms with Gasteiger partial charge in [0, 0.05) is 17.7 Å². The lowest BCUT2D eigenvalue weighted by Gasteiger charge is -2.16. The predicted octanol–water partition coefficient (Wildman–Crippen LogP) is 5.61. The zero-order valence-corrected chi connectivity index (χ0v) is 33.5. The Kier molecular flexibility index (Phi) is 15.8. The van der Waals surface area contributed by atoms with E-state index in [1.165, 1.54) is 42.6 Å². The number of alkyl halides is 3. The van der Waals surface area contributed by atoms with Crippen LogP contribution in [-0.2, 0) is 42.3 Å². The molecule has 1 atom stereocenters. The van der Waals surface area contributed by atoms with Crippen LogP contribution in [0.25, 0.3) is 11.2 Å². The van der Waals surface area contributed by atoms with Crippen molar-refractivity contribution in [3.05, 3.63) is 111 Å². The largest absolute Gasteiger partial charge is 0.480 e. The normalized spacial score (nSPS) is 11.9. The molecule has 22 heteroatoms. The van der Waals surface area contributed by atoms with Crippen molar-refractivity contribution in [2.45, 2.75) is 51.9 Å². The Balaban J connectivity index is 1.16. The summed E-state index contributed by atoms with van der Waals surface area (Å²) >= 11 is 0. The summed E-state index contributed by atoms with van der Waals surface area (Å²) in [5.41, 5.74) is 4.81. The van der Waals surface area contributed by atoms with Crippen LogP contribution in [0.3, 0.4) is 0 Å². The van der Waals surface area contributed by atoms with E-state index in [1.807, 2.05) is 13.8 Å². The van der Waals surface area contributed by atoms with E-state index in [1.54, 1.807) is 12.1 Å². The molecule has 3 aromatic carbocycles. The number of esters is 1. The lowest BCUT2D eigenvalue weighted by Crippen LogP contribution is -2.41. The molecule has 7 N–H and O–H groups in total. The number of hydrogen-bond donors (Lipinski definition) is 6. The van der Waals surface area contributed by atoms with Gasteiger partial charge in [-0.25, -0.2) is 19.6 Å². The number of rotatable bonds is 20. The summed E-state index contributed by atoms with van der Waals surface area (Å²) in [6.45, 7) is 4.92. The molecule has 2 amide bonds. The van der Waals surface area contributed by atoms with Crippen LogP contribution in [0.1, 0.15) is 64.2 Å². The van der Waals surface area contributed by atoms with E-state index in [0.717, 1.165) is 11.6 Å². The molecule has 0 bridgehead atoms. The van der Waals surface area contributed by atoms with E-state index in [4.69, 9.17) is 24.0 Å². The third-order valence-corrected chi connectivity index (χ3v) is 9.73. The quantitative estimate of drug-likeness (QED) is 0.0316. The molecule has 0 radical (unpaired) electrons. The third kappa shape index (κ3) is 13.2. The number of aliphatic carboxylic acids is 1. The minimum atomic E-state index is -4.83. The summed E-state index contributed by atoms with van der Waals surface area (Å²) in [5, 5.41) is 17.4. The van der Waals surface area contributed by atoms with Gasteiger partial charge in [-0.2, -0.15) is 18.2 Å². The Morgan fingerprint density at radius 3 is 2.31 bits per heavy atom. The smallest absolute Gasteiger partial charge is 0.416 e. The minimum Gasteiger partial charge on any atom is -0.480 e. The number of aromatic nitrogens is 4. The average Bonchev–Trinajstić information content (AvgIpc) is 3.22. The SMILES string of the molecule is CCOP(OCC)OCCc1ccc(OC(=O)c2ccc(C(F)(F)F)cc2NC(=O)CC[C@H](NC(=O)c2ccc(NCc3cnc4nc(N)[nH]c(=O)c4n3)cc2)C(=O)O)cc1. The van der Waals surface area contributed by atoms with Crippen molar-refractivity contribution in [3.63, 3.8) is 0 Å². The van der Waals surface area contributed by atoms with Crippen LogP contribution in [0.15, 0.2) is 77.7 Å². The fourth-order valence-electron chi connectivity index (χ4n) is 5.42. The van der Waals surface area contributed by atoms with Gasteiger partial charge in [-0.3, -0.25) is 19.4 Å². The molecular weight excluding hydrogens is 828 g/mol. The van der Waals surface area contributed by atoms with Gasteiger partial charge in [-0.15, -0.1) is 0 Å². The molecule has 0 aliphatic rings. The Bertz CT molecular complexity index is 2400. The standard InChI is InChI=1S/C39H40F3N8O10P/c1-3-57-61(58-4-2)59-18-17-22-5-12-27(13-6-22)60-37(56)28-14-9-24(39(40,41)42)19-30(28)47-31(51)16-15-29(36(54)55)48-34(52)23-7-10-25(11-8-23)44-20-26-21-45-33-32(46-26)35(53)50-38(43)49-33/h5-14,19,21,29,44H,3-4,15-18,20H2,1-2H3,(H,47,51)(H,48,52)(H,54,55)(H3,43,45,49,50,53)/t29-/m0/s1. The fourth-order valence-corrected chi connectivity index (χ4v) is 6.31. The number of nitrogens with two attached hydrogens (primary N) is 1. The highest BCUT2D eigenvalue weighted by Crippen LogP contribution is 2.39. The first-order valence-corrected chi connectivity index (χ1v) is 19.6. The van der Waals surface area contributed by atoms with Gasteiger partial charge >= 0.3 is 26.7 Å². The van der Waals surface area contributed by atoms with Crippen molar-refractivity contribution in [3.8, 4) is 5.75 Å². The molecule has 61 heavy (non-hydrogen) atoms. The van der Waals surface area contributed by atoms with Crippen molar-refractivity contribution in [1.29, 1.82) is 0 Å². The number of carbonyl (C=O) groups excluding carboxylic acids is 3. The second-order valence-electron chi connectivity index (χ2n) is 12.8. The van der Waals surface area contributed by atoms with Gasteiger partial charge in [-0.1, -0.05) is 12.1 Å². The molecule has 0 saturated heterocycles. The Hall–Kier alpha value is -6.54. The fraction of sp³-hybridized carbons (Fsp3) is 0.282. The second kappa shape index (κ2) is 21.1. The highest BCUT2D eigenvalue weighted by molar-refractivity contribution is 7.41. The number of halogens is 3. The summed E-state index contributed by atoms with van der Waals surface area (Å²) in [5.74, 6) is -4.29. The lowest BCUT2D eigenvalue weighted by molar-refractivity contribution is -0.139. The van der Waals surface area contributed by atoms with Crippen molar-refractivity contribution >= 4 is 60.8 Å². The first-order valence-electron chi connectivity index (χ1n) is 18.5. The van der Waals surface area contributed by atoms with Crippen molar-refractivity contribution in [2.24, 2.45) is 0 Å². The number of ether oxygens (including phenoxy) is 1. The van der Waals surface area contributed by atoms with Crippen LogP contribution in [0.2, 0.25) is 0 Å². The van der Waals surface area contributed by atoms with Gasteiger partial charge in [0.25, 0.3) is 11.5 Å². The zero-order chi connectivity index (χ0) is 44.1. The molecule has 0 fully saturated rings. The number of H-pyrrole nitrogens is 1.